The van der Waals surface area contributed by atoms with E-state index in [9.17, 15) is 9.59 Å². The summed E-state index contributed by atoms with van der Waals surface area (Å²) in [6.45, 7) is 1.83. The van der Waals surface area contributed by atoms with E-state index in [1.54, 1.807) is 42.2 Å². The Kier molecular flexibility index (Phi) is 3.47. The first-order valence-corrected chi connectivity index (χ1v) is 5.39. The van der Waals surface area contributed by atoms with Gasteiger partial charge in [0, 0.05) is 5.56 Å². The van der Waals surface area contributed by atoms with Crippen LogP contribution >= 0.6 is 0 Å². The largest absolute Gasteiger partial charge is 0.460 e. The topological polar surface area (TPSA) is 74.1 Å². The molecule has 6 heteroatoms. The molecule has 0 spiro atoms. The van der Waals surface area contributed by atoms with Crippen LogP contribution in [0.1, 0.15) is 17.3 Å². The predicted octanol–water partition coefficient (Wildman–Crippen LogP) is 1.01. The minimum atomic E-state index is -0.842. The summed E-state index contributed by atoms with van der Waals surface area (Å²) in [5, 5.41) is 3.95. The summed E-state index contributed by atoms with van der Waals surface area (Å²) in [5.74, 6) is -1.49. The van der Waals surface area contributed by atoms with Crippen molar-refractivity contribution in [3.63, 3.8) is 0 Å². The summed E-state index contributed by atoms with van der Waals surface area (Å²) in [5.41, 5.74) is 1.05. The molecule has 0 unspecified atom stereocenters. The van der Waals surface area contributed by atoms with Crippen molar-refractivity contribution in [3.05, 3.63) is 42.5 Å². The third kappa shape index (κ3) is 2.42. The highest BCUT2D eigenvalue weighted by Gasteiger charge is 2.17. The Hall–Kier alpha value is -2.50. The number of esters is 1. The normalized spacial score (nSPS) is 10.1. The number of hydrogen-bond acceptors (Lipinski definition) is 5. The fourth-order valence-corrected chi connectivity index (χ4v) is 1.42. The van der Waals surface area contributed by atoms with Crippen LogP contribution in [-0.2, 0) is 9.53 Å². The molecule has 0 saturated heterocycles. The molecule has 0 aliphatic heterocycles. The number of ketones is 1. The molecule has 0 N–H and O–H groups in total. The second-order valence-electron chi connectivity index (χ2n) is 3.44. The van der Waals surface area contributed by atoms with Crippen LogP contribution in [-0.4, -0.2) is 33.1 Å². The Bertz CT molecular complexity index is 546. The Morgan fingerprint density at radius 2 is 2.00 bits per heavy atom. The fraction of sp³-hybridized carbons (Fsp3) is 0.167. The molecule has 0 amide bonds. The van der Waals surface area contributed by atoms with Crippen LogP contribution in [0.2, 0.25) is 0 Å². The second kappa shape index (κ2) is 5.22. The Morgan fingerprint density at radius 1 is 1.28 bits per heavy atom. The molecule has 0 radical (unpaired) electrons. The van der Waals surface area contributed by atoms with Crippen molar-refractivity contribution >= 4 is 11.8 Å². The van der Waals surface area contributed by atoms with Crippen LogP contribution in [0.3, 0.4) is 0 Å². The van der Waals surface area contributed by atoms with Gasteiger partial charge in [-0.05, 0) is 31.2 Å². The molecule has 1 aromatic heterocycles. The average Bonchev–Trinajstić information content (AvgIpc) is 2.92. The summed E-state index contributed by atoms with van der Waals surface area (Å²) in [6.07, 6.45) is 2.96. The van der Waals surface area contributed by atoms with E-state index < -0.39 is 11.8 Å². The zero-order valence-corrected chi connectivity index (χ0v) is 9.74. The number of nitrogens with zero attached hydrogens (tertiary/aromatic N) is 3. The quantitative estimate of drug-likeness (QED) is 0.456. The first kappa shape index (κ1) is 12.0. The standard InChI is InChI=1S/C12H11N3O3/c1-2-18-12(17)11(16)9-3-5-10(6-4-9)15-8-13-7-14-15/h3-8H,2H2,1H3. The van der Waals surface area contributed by atoms with E-state index in [4.69, 9.17) is 0 Å². The molecule has 0 aliphatic carbocycles. The monoisotopic (exact) mass is 245 g/mol. The van der Waals surface area contributed by atoms with Crippen LogP contribution in [0, 0.1) is 0 Å². The predicted molar refractivity (Wildman–Crippen MR) is 62.3 cm³/mol. The summed E-state index contributed by atoms with van der Waals surface area (Å²) < 4.78 is 6.20. The van der Waals surface area contributed by atoms with Crippen molar-refractivity contribution in [1.82, 2.24) is 14.8 Å². The van der Waals surface area contributed by atoms with Crippen molar-refractivity contribution in [3.8, 4) is 5.69 Å². The third-order valence-electron chi connectivity index (χ3n) is 2.27. The smallest absolute Gasteiger partial charge is 0.379 e. The number of benzene rings is 1. The van der Waals surface area contributed by atoms with Gasteiger partial charge in [0.2, 0.25) is 0 Å². The molecule has 1 aromatic carbocycles. The van der Waals surface area contributed by atoms with Gasteiger partial charge in [-0.25, -0.2) is 14.5 Å². The number of ether oxygens (including phenoxy) is 1. The number of carbonyl (C=O) groups is 2. The van der Waals surface area contributed by atoms with E-state index in [1.807, 2.05) is 0 Å². The van der Waals surface area contributed by atoms with Crippen LogP contribution < -0.4 is 0 Å². The summed E-state index contributed by atoms with van der Waals surface area (Å²) >= 11 is 0. The molecular weight excluding hydrogens is 234 g/mol. The lowest BCUT2D eigenvalue weighted by Crippen LogP contribution is -2.17. The van der Waals surface area contributed by atoms with Gasteiger partial charge in [-0.3, -0.25) is 4.79 Å². The van der Waals surface area contributed by atoms with Crippen molar-refractivity contribution < 1.29 is 14.3 Å². The highest BCUT2D eigenvalue weighted by atomic mass is 16.5. The van der Waals surface area contributed by atoms with E-state index in [-0.39, 0.29) is 12.2 Å². The van der Waals surface area contributed by atoms with E-state index in [0.717, 1.165) is 5.69 Å². The molecule has 6 nitrogen and oxygen atoms in total. The first-order valence-electron chi connectivity index (χ1n) is 5.39. The van der Waals surface area contributed by atoms with Gasteiger partial charge in [0.25, 0.3) is 5.78 Å². The molecule has 0 atom stereocenters. The maximum absolute atomic E-state index is 11.6. The van der Waals surface area contributed by atoms with Gasteiger partial charge in [0.15, 0.2) is 0 Å². The van der Waals surface area contributed by atoms with Crippen LogP contribution in [0.15, 0.2) is 36.9 Å². The zero-order valence-electron chi connectivity index (χ0n) is 9.74. The Labute approximate surface area is 103 Å². The van der Waals surface area contributed by atoms with Gasteiger partial charge in [-0.1, -0.05) is 0 Å². The second-order valence-corrected chi connectivity index (χ2v) is 3.44. The molecule has 0 saturated carbocycles. The molecule has 18 heavy (non-hydrogen) atoms. The summed E-state index contributed by atoms with van der Waals surface area (Å²) in [6, 6.07) is 6.47. The SMILES string of the molecule is CCOC(=O)C(=O)c1ccc(-n2cncn2)cc1. The van der Waals surface area contributed by atoms with E-state index in [0.29, 0.717) is 0 Å². The van der Waals surface area contributed by atoms with Crippen molar-refractivity contribution in [2.75, 3.05) is 6.61 Å². The Morgan fingerprint density at radius 3 is 2.56 bits per heavy atom. The maximum Gasteiger partial charge on any atom is 0.379 e. The van der Waals surface area contributed by atoms with Crippen molar-refractivity contribution in [1.29, 1.82) is 0 Å². The molecular formula is C12H11N3O3. The maximum atomic E-state index is 11.6. The molecule has 0 fully saturated rings. The van der Waals surface area contributed by atoms with Crippen LogP contribution in [0.25, 0.3) is 5.69 Å². The van der Waals surface area contributed by atoms with Gasteiger partial charge in [-0.2, -0.15) is 5.10 Å². The summed E-state index contributed by atoms with van der Waals surface area (Å²) in [7, 11) is 0. The van der Waals surface area contributed by atoms with Crippen molar-refractivity contribution in [2.45, 2.75) is 6.92 Å². The van der Waals surface area contributed by atoms with E-state index >= 15 is 0 Å². The number of aromatic nitrogens is 3. The van der Waals surface area contributed by atoms with Crippen LogP contribution in [0.4, 0.5) is 0 Å². The van der Waals surface area contributed by atoms with Gasteiger partial charge in [0.05, 0.1) is 12.3 Å². The third-order valence-corrected chi connectivity index (χ3v) is 2.27. The Balaban J connectivity index is 2.18. The minimum absolute atomic E-state index is 0.182. The lowest BCUT2D eigenvalue weighted by Gasteiger charge is -2.03. The number of carbonyl (C=O) groups excluding carboxylic acids is 2. The first-order chi connectivity index (χ1) is 8.72. The fourth-order valence-electron chi connectivity index (χ4n) is 1.42. The molecule has 0 aliphatic rings. The van der Waals surface area contributed by atoms with E-state index in [2.05, 4.69) is 14.8 Å². The molecule has 2 rings (SSSR count). The number of Topliss-reactive ketones (excluding diaryl/α,β-unsaturated/α-hetero) is 1. The van der Waals surface area contributed by atoms with Gasteiger partial charge < -0.3 is 4.74 Å². The summed E-state index contributed by atoms with van der Waals surface area (Å²) in [4.78, 5) is 26.7. The highest BCUT2D eigenvalue weighted by Crippen LogP contribution is 2.09. The molecule has 92 valence electrons. The lowest BCUT2D eigenvalue weighted by molar-refractivity contribution is -0.137. The molecule has 1 heterocycles. The van der Waals surface area contributed by atoms with Crippen LogP contribution in [0.5, 0.6) is 0 Å². The van der Waals surface area contributed by atoms with Gasteiger partial charge in [-0.15, -0.1) is 0 Å². The van der Waals surface area contributed by atoms with Gasteiger partial charge >= 0.3 is 5.97 Å². The number of rotatable bonds is 4. The molecule has 2 aromatic rings. The zero-order chi connectivity index (χ0) is 13.0. The average molecular weight is 245 g/mol. The minimum Gasteiger partial charge on any atom is -0.460 e. The lowest BCUT2D eigenvalue weighted by atomic mass is 10.1. The van der Waals surface area contributed by atoms with E-state index in [1.165, 1.54) is 6.33 Å². The van der Waals surface area contributed by atoms with Crippen molar-refractivity contribution in [2.24, 2.45) is 0 Å². The highest BCUT2D eigenvalue weighted by molar-refractivity contribution is 6.40. The van der Waals surface area contributed by atoms with Gasteiger partial charge in [0.1, 0.15) is 12.7 Å². The number of hydrogen-bond donors (Lipinski definition) is 0. The molecule has 0 bridgehead atoms.